The van der Waals surface area contributed by atoms with Crippen LogP contribution in [0.25, 0.3) is 0 Å². The lowest BCUT2D eigenvalue weighted by Gasteiger charge is -2.05. The van der Waals surface area contributed by atoms with E-state index in [-0.39, 0.29) is 11.7 Å². The van der Waals surface area contributed by atoms with Gasteiger partial charge in [-0.1, -0.05) is 0 Å². The fourth-order valence-corrected chi connectivity index (χ4v) is 1.25. The molecule has 0 saturated heterocycles. The highest BCUT2D eigenvalue weighted by molar-refractivity contribution is 5.68. The summed E-state index contributed by atoms with van der Waals surface area (Å²) in [5, 5.41) is 11.8. The van der Waals surface area contributed by atoms with Crippen LogP contribution in [0.4, 0.5) is 5.82 Å². The van der Waals surface area contributed by atoms with Crippen molar-refractivity contribution in [3.8, 4) is 6.07 Å². The number of esters is 1. The smallest absolute Gasteiger partial charge is 0.305 e. The molecular formula is C11H14N4O2. The van der Waals surface area contributed by atoms with Crippen LogP contribution in [0.15, 0.2) is 12.4 Å². The average molecular weight is 234 g/mol. The molecular weight excluding hydrogens is 220 g/mol. The van der Waals surface area contributed by atoms with Gasteiger partial charge in [0.2, 0.25) is 0 Å². The van der Waals surface area contributed by atoms with Gasteiger partial charge in [0.25, 0.3) is 0 Å². The van der Waals surface area contributed by atoms with Gasteiger partial charge in [-0.25, -0.2) is 9.97 Å². The molecule has 1 heterocycles. The highest BCUT2D eigenvalue weighted by Gasteiger charge is 2.03. The van der Waals surface area contributed by atoms with Crippen LogP contribution in [0.1, 0.15) is 25.0 Å². The van der Waals surface area contributed by atoms with Gasteiger partial charge in [-0.2, -0.15) is 5.26 Å². The molecule has 0 aliphatic heterocycles. The van der Waals surface area contributed by atoms with E-state index in [1.54, 1.807) is 0 Å². The molecule has 0 aromatic carbocycles. The van der Waals surface area contributed by atoms with Crippen LogP contribution in [0, 0.1) is 11.3 Å². The topological polar surface area (TPSA) is 87.9 Å². The molecule has 1 aromatic heterocycles. The third-order valence-electron chi connectivity index (χ3n) is 2.13. The molecule has 6 nitrogen and oxygen atoms in total. The minimum atomic E-state index is -0.206. The number of unbranched alkanes of at least 4 members (excludes halogenated alkanes) is 1. The van der Waals surface area contributed by atoms with E-state index in [2.05, 4.69) is 20.0 Å². The van der Waals surface area contributed by atoms with Crippen molar-refractivity contribution in [3.63, 3.8) is 0 Å². The van der Waals surface area contributed by atoms with Crippen LogP contribution in [0.3, 0.4) is 0 Å². The molecule has 1 rings (SSSR count). The van der Waals surface area contributed by atoms with E-state index >= 15 is 0 Å². The zero-order valence-electron chi connectivity index (χ0n) is 9.64. The summed E-state index contributed by atoms with van der Waals surface area (Å²) in [5.74, 6) is 0.273. The molecule has 90 valence electrons. The second kappa shape index (κ2) is 7.17. The molecule has 0 unspecified atom stereocenters. The Kier molecular flexibility index (Phi) is 5.44. The summed E-state index contributed by atoms with van der Waals surface area (Å²) in [5.41, 5.74) is 0.278. The summed E-state index contributed by atoms with van der Waals surface area (Å²) in [4.78, 5) is 18.7. The number of aromatic nitrogens is 2. The SMILES string of the molecule is COC(=O)CCCCNc1nccnc1C#N. The maximum atomic E-state index is 10.8. The molecule has 0 atom stereocenters. The number of nitrogens with zero attached hydrogens (tertiary/aromatic N) is 3. The second-order valence-corrected chi connectivity index (χ2v) is 3.33. The van der Waals surface area contributed by atoms with Gasteiger partial charge in [-0.05, 0) is 12.8 Å². The first-order valence-electron chi connectivity index (χ1n) is 5.29. The fourth-order valence-electron chi connectivity index (χ4n) is 1.25. The van der Waals surface area contributed by atoms with Crippen LogP contribution in [-0.2, 0) is 9.53 Å². The number of nitriles is 1. The molecule has 1 N–H and O–H groups in total. The maximum absolute atomic E-state index is 10.8. The van der Waals surface area contributed by atoms with E-state index in [0.717, 1.165) is 12.8 Å². The average Bonchev–Trinajstić information content (AvgIpc) is 2.38. The van der Waals surface area contributed by atoms with Crippen LogP contribution in [-0.4, -0.2) is 29.6 Å². The van der Waals surface area contributed by atoms with E-state index in [0.29, 0.717) is 18.8 Å². The molecule has 0 aliphatic rings. The molecule has 0 radical (unpaired) electrons. The number of methoxy groups -OCH3 is 1. The van der Waals surface area contributed by atoms with Gasteiger partial charge >= 0.3 is 5.97 Å². The monoisotopic (exact) mass is 234 g/mol. The number of hydrogen-bond acceptors (Lipinski definition) is 6. The normalized spacial score (nSPS) is 9.41. The molecule has 0 amide bonds. The lowest BCUT2D eigenvalue weighted by molar-refractivity contribution is -0.140. The van der Waals surface area contributed by atoms with Crippen LogP contribution in [0.2, 0.25) is 0 Å². The number of carbonyl (C=O) groups excluding carboxylic acids is 1. The van der Waals surface area contributed by atoms with Gasteiger partial charge in [0.05, 0.1) is 7.11 Å². The molecule has 6 heteroatoms. The number of rotatable bonds is 6. The van der Waals surface area contributed by atoms with Gasteiger partial charge in [0.15, 0.2) is 11.5 Å². The Hall–Kier alpha value is -2.16. The predicted molar refractivity (Wildman–Crippen MR) is 61.1 cm³/mol. The van der Waals surface area contributed by atoms with Crippen molar-refractivity contribution in [2.75, 3.05) is 19.0 Å². The fraction of sp³-hybridized carbons (Fsp3) is 0.455. The van der Waals surface area contributed by atoms with Gasteiger partial charge in [-0.15, -0.1) is 0 Å². The van der Waals surface area contributed by atoms with Crippen molar-refractivity contribution in [1.82, 2.24) is 9.97 Å². The Labute approximate surface area is 99.6 Å². The standard InChI is InChI=1S/C11H14N4O2/c1-17-10(16)4-2-3-5-14-11-9(8-12)13-6-7-15-11/h6-7H,2-5H2,1H3,(H,14,15). The predicted octanol–water partition coefficient (Wildman–Crippen LogP) is 1.10. The third kappa shape index (κ3) is 4.47. The third-order valence-corrected chi connectivity index (χ3v) is 2.13. The maximum Gasteiger partial charge on any atom is 0.305 e. The van der Waals surface area contributed by atoms with Crippen molar-refractivity contribution < 1.29 is 9.53 Å². The number of hydrogen-bond donors (Lipinski definition) is 1. The van der Waals surface area contributed by atoms with Crippen molar-refractivity contribution in [3.05, 3.63) is 18.1 Å². The minimum absolute atomic E-state index is 0.206. The van der Waals surface area contributed by atoms with Crippen molar-refractivity contribution in [2.24, 2.45) is 0 Å². The molecule has 1 aromatic rings. The number of carbonyl (C=O) groups is 1. The number of ether oxygens (including phenoxy) is 1. The zero-order chi connectivity index (χ0) is 12.5. The van der Waals surface area contributed by atoms with Crippen molar-refractivity contribution >= 4 is 11.8 Å². The first kappa shape index (κ1) is 12.9. The van der Waals surface area contributed by atoms with Crippen LogP contribution >= 0.6 is 0 Å². The summed E-state index contributed by atoms with van der Waals surface area (Å²) in [6.07, 6.45) is 4.95. The van der Waals surface area contributed by atoms with E-state index in [9.17, 15) is 4.79 Å². The van der Waals surface area contributed by atoms with Gasteiger partial charge in [-0.3, -0.25) is 4.79 Å². The summed E-state index contributed by atoms with van der Waals surface area (Å²) in [6, 6.07) is 1.95. The second-order valence-electron chi connectivity index (χ2n) is 3.33. The van der Waals surface area contributed by atoms with E-state index < -0.39 is 0 Å². The van der Waals surface area contributed by atoms with Gasteiger partial charge in [0, 0.05) is 25.4 Å². The minimum Gasteiger partial charge on any atom is -0.469 e. The van der Waals surface area contributed by atoms with Crippen molar-refractivity contribution in [1.29, 1.82) is 5.26 Å². The Morgan fingerprint density at radius 3 is 2.94 bits per heavy atom. The Morgan fingerprint density at radius 1 is 1.47 bits per heavy atom. The summed E-state index contributed by atoms with van der Waals surface area (Å²) >= 11 is 0. The molecule has 0 bridgehead atoms. The quantitative estimate of drug-likeness (QED) is 0.585. The highest BCUT2D eigenvalue weighted by Crippen LogP contribution is 2.06. The van der Waals surface area contributed by atoms with E-state index in [1.807, 2.05) is 6.07 Å². The Bertz CT molecular complexity index is 414. The molecule has 0 saturated carbocycles. The lowest BCUT2D eigenvalue weighted by atomic mass is 10.2. The first-order valence-corrected chi connectivity index (χ1v) is 5.29. The lowest BCUT2D eigenvalue weighted by Crippen LogP contribution is -2.07. The van der Waals surface area contributed by atoms with Crippen LogP contribution in [0.5, 0.6) is 0 Å². The summed E-state index contributed by atoms with van der Waals surface area (Å²) in [6.45, 7) is 0.643. The number of anilines is 1. The summed E-state index contributed by atoms with van der Waals surface area (Å²) < 4.78 is 4.53. The summed E-state index contributed by atoms with van der Waals surface area (Å²) in [7, 11) is 1.37. The molecule has 0 aliphatic carbocycles. The van der Waals surface area contributed by atoms with Gasteiger partial charge < -0.3 is 10.1 Å². The van der Waals surface area contributed by atoms with Gasteiger partial charge in [0.1, 0.15) is 6.07 Å². The Balaban J connectivity index is 2.27. The largest absolute Gasteiger partial charge is 0.469 e. The first-order chi connectivity index (χ1) is 8.27. The Morgan fingerprint density at radius 2 is 2.24 bits per heavy atom. The van der Waals surface area contributed by atoms with E-state index in [4.69, 9.17) is 5.26 Å². The number of nitrogens with one attached hydrogen (secondary N) is 1. The zero-order valence-corrected chi connectivity index (χ0v) is 9.64. The molecule has 0 fully saturated rings. The van der Waals surface area contributed by atoms with E-state index in [1.165, 1.54) is 19.5 Å². The van der Waals surface area contributed by atoms with Crippen LogP contribution < -0.4 is 5.32 Å². The highest BCUT2D eigenvalue weighted by atomic mass is 16.5. The molecule has 0 spiro atoms. The molecule has 17 heavy (non-hydrogen) atoms. The van der Waals surface area contributed by atoms with Crippen molar-refractivity contribution in [2.45, 2.75) is 19.3 Å².